The molecule has 0 spiro atoms. The van der Waals surface area contributed by atoms with E-state index in [2.05, 4.69) is 24.7 Å². The second-order valence-electron chi connectivity index (χ2n) is 2.53. The Morgan fingerprint density at radius 2 is 2.00 bits per heavy atom. The fraction of sp³-hybridized carbons (Fsp3) is 0.300. The number of nitrogens with zero attached hydrogens (tertiary/aromatic N) is 2. The van der Waals surface area contributed by atoms with Crippen LogP contribution in [0.25, 0.3) is 11.0 Å². The highest BCUT2D eigenvalue weighted by Gasteiger charge is 1.99. The first-order valence-electron chi connectivity index (χ1n) is 4.41. The van der Waals surface area contributed by atoms with Gasteiger partial charge in [0.15, 0.2) is 0 Å². The van der Waals surface area contributed by atoms with Crippen molar-refractivity contribution in [2.45, 2.75) is 20.8 Å². The molecule has 0 saturated heterocycles. The molecule has 2 aromatic heterocycles. The van der Waals surface area contributed by atoms with Crippen LogP contribution in [0.4, 0.5) is 0 Å². The van der Waals surface area contributed by atoms with Crippen molar-refractivity contribution in [3.63, 3.8) is 0 Å². The first-order valence-corrected chi connectivity index (χ1v) is 4.81. The van der Waals surface area contributed by atoms with Gasteiger partial charge in [-0.25, -0.2) is 4.98 Å². The average molecular weight is 194 g/mol. The minimum atomic E-state index is 0.924. The molecular formula is C10H14N2S. The fourth-order valence-electron chi connectivity index (χ4n) is 1.16. The van der Waals surface area contributed by atoms with Crippen LogP contribution in [-0.2, 0) is 0 Å². The van der Waals surface area contributed by atoms with E-state index in [0.717, 1.165) is 5.65 Å². The Labute approximate surface area is 84.1 Å². The quantitative estimate of drug-likeness (QED) is 0.638. The van der Waals surface area contributed by atoms with Crippen LogP contribution in [-0.4, -0.2) is 8.96 Å². The van der Waals surface area contributed by atoms with Crippen molar-refractivity contribution in [2.24, 2.45) is 0 Å². The molecule has 2 heterocycles. The van der Waals surface area contributed by atoms with Crippen LogP contribution in [0.5, 0.6) is 0 Å². The lowest BCUT2D eigenvalue weighted by atomic mass is 10.2. The monoisotopic (exact) mass is 194 g/mol. The number of aromatic nitrogens is 2. The fourth-order valence-corrected chi connectivity index (χ4v) is 1.39. The summed E-state index contributed by atoms with van der Waals surface area (Å²) in [6, 6.07) is 4.01. The van der Waals surface area contributed by atoms with Crippen molar-refractivity contribution in [3.05, 3.63) is 30.1 Å². The van der Waals surface area contributed by atoms with Crippen molar-refractivity contribution >= 4 is 23.8 Å². The van der Waals surface area contributed by atoms with E-state index < -0.39 is 0 Å². The Balaban J connectivity index is 0.000000396. The van der Waals surface area contributed by atoms with E-state index in [1.165, 1.54) is 10.9 Å². The van der Waals surface area contributed by atoms with Crippen molar-refractivity contribution < 1.29 is 0 Å². The molecule has 2 nitrogen and oxygen atoms in total. The molecule has 13 heavy (non-hydrogen) atoms. The number of hydrogen-bond donors (Lipinski definition) is 1. The third-order valence-electron chi connectivity index (χ3n) is 1.79. The third-order valence-corrected chi connectivity index (χ3v) is 2.11. The first kappa shape index (κ1) is 10.1. The molecule has 2 rings (SSSR count). The van der Waals surface area contributed by atoms with Crippen LogP contribution >= 0.6 is 12.8 Å². The highest BCUT2D eigenvalue weighted by molar-refractivity contribution is 7.78. The summed E-state index contributed by atoms with van der Waals surface area (Å²) in [6.45, 7) is 6.07. The summed E-state index contributed by atoms with van der Waals surface area (Å²) in [7, 11) is 0. The van der Waals surface area contributed by atoms with E-state index in [-0.39, 0.29) is 0 Å². The zero-order valence-corrected chi connectivity index (χ0v) is 9.05. The van der Waals surface area contributed by atoms with Crippen LogP contribution < -0.4 is 0 Å². The summed E-state index contributed by atoms with van der Waals surface area (Å²) in [5.74, 6) is 0. The molecule has 0 amide bonds. The Hall–Kier alpha value is -0.960. The van der Waals surface area contributed by atoms with Crippen LogP contribution in [0, 0.1) is 6.92 Å². The van der Waals surface area contributed by atoms with Gasteiger partial charge in [-0.2, -0.15) is 0 Å². The maximum Gasteiger partial charge on any atom is 0.149 e. The number of pyridine rings is 1. The van der Waals surface area contributed by atoms with E-state index in [4.69, 9.17) is 0 Å². The Morgan fingerprint density at radius 1 is 1.31 bits per heavy atom. The van der Waals surface area contributed by atoms with Gasteiger partial charge in [0.25, 0.3) is 0 Å². The van der Waals surface area contributed by atoms with Crippen LogP contribution in [0.15, 0.2) is 24.5 Å². The molecule has 0 saturated carbocycles. The van der Waals surface area contributed by atoms with Crippen molar-refractivity contribution in [3.8, 4) is 0 Å². The normalized spacial score (nSPS) is 9.54. The van der Waals surface area contributed by atoms with Gasteiger partial charge >= 0.3 is 0 Å². The topological polar surface area (TPSA) is 17.8 Å². The lowest BCUT2D eigenvalue weighted by Gasteiger charge is -1.94. The maximum atomic E-state index is 4.20. The lowest BCUT2D eigenvalue weighted by molar-refractivity contribution is 1.26. The van der Waals surface area contributed by atoms with Gasteiger partial charge in [0, 0.05) is 17.8 Å². The van der Waals surface area contributed by atoms with E-state index in [1.54, 1.807) is 10.2 Å². The van der Waals surface area contributed by atoms with E-state index in [1.807, 2.05) is 32.2 Å². The van der Waals surface area contributed by atoms with Crippen molar-refractivity contribution in [2.75, 3.05) is 0 Å². The largest absolute Gasteiger partial charge is 0.278 e. The SMILES string of the molecule is CC.Cc1ccnc2c1ccn2S. The predicted octanol–water partition coefficient (Wildman–Crippen LogP) is 3.06. The number of aryl methyl sites for hydroxylation is 1. The van der Waals surface area contributed by atoms with Gasteiger partial charge in [0.2, 0.25) is 0 Å². The third kappa shape index (κ3) is 1.86. The molecule has 0 aliphatic rings. The number of rotatable bonds is 0. The van der Waals surface area contributed by atoms with Gasteiger partial charge in [0.05, 0.1) is 0 Å². The number of thiol groups is 1. The summed E-state index contributed by atoms with van der Waals surface area (Å²) in [4.78, 5) is 4.19. The molecule has 0 unspecified atom stereocenters. The van der Waals surface area contributed by atoms with Gasteiger partial charge in [0.1, 0.15) is 5.65 Å². The minimum absolute atomic E-state index is 0.924. The molecule has 0 aromatic carbocycles. The van der Waals surface area contributed by atoms with E-state index in [0.29, 0.717) is 0 Å². The van der Waals surface area contributed by atoms with Crippen molar-refractivity contribution in [1.29, 1.82) is 0 Å². The van der Waals surface area contributed by atoms with Gasteiger partial charge in [-0.1, -0.05) is 26.7 Å². The molecule has 0 aliphatic carbocycles. The summed E-state index contributed by atoms with van der Waals surface area (Å²) in [5, 5.41) is 1.17. The molecule has 3 heteroatoms. The van der Waals surface area contributed by atoms with E-state index in [9.17, 15) is 0 Å². The van der Waals surface area contributed by atoms with Crippen LogP contribution in [0.3, 0.4) is 0 Å². The Bertz CT molecular complexity index is 393. The second-order valence-corrected chi connectivity index (χ2v) is 2.96. The van der Waals surface area contributed by atoms with Crippen LogP contribution in [0.2, 0.25) is 0 Å². The number of fused-ring (bicyclic) bond motifs is 1. The summed E-state index contributed by atoms with van der Waals surface area (Å²) < 4.78 is 1.72. The molecule has 0 N–H and O–H groups in total. The molecule has 0 radical (unpaired) electrons. The van der Waals surface area contributed by atoms with E-state index >= 15 is 0 Å². The highest BCUT2D eigenvalue weighted by atomic mass is 32.1. The molecule has 0 bridgehead atoms. The molecule has 0 fully saturated rings. The molecule has 70 valence electrons. The first-order chi connectivity index (χ1) is 6.29. The summed E-state index contributed by atoms with van der Waals surface area (Å²) in [6.07, 6.45) is 3.69. The molecule has 2 aromatic rings. The second kappa shape index (κ2) is 4.33. The van der Waals surface area contributed by atoms with Crippen LogP contribution in [0.1, 0.15) is 19.4 Å². The molecule has 0 aliphatic heterocycles. The number of hydrogen-bond acceptors (Lipinski definition) is 2. The predicted molar refractivity (Wildman–Crippen MR) is 60.2 cm³/mol. The van der Waals surface area contributed by atoms with Gasteiger partial charge < -0.3 is 0 Å². The smallest absolute Gasteiger partial charge is 0.149 e. The highest BCUT2D eigenvalue weighted by Crippen LogP contribution is 2.17. The van der Waals surface area contributed by atoms with Gasteiger partial charge in [-0.3, -0.25) is 3.97 Å². The summed E-state index contributed by atoms with van der Waals surface area (Å²) in [5.41, 5.74) is 2.16. The standard InChI is InChI=1S/C8H8N2S.C2H6/c1-6-2-4-9-8-7(6)3-5-10(8)11;1-2/h2-5,11H,1H3;1-2H3. The maximum absolute atomic E-state index is 4.20. The Morgan fingerprint density at radius 3 is 2.62 bits per heavy atom. The lowest BCUT2D eigenvalue weighted by Crippen LogP contribution is -1.82. The summed E-state index contributed by atoms with van der Waals surface area (Å²) >= 11 is 4.20. The Kier molecular flexibility index (Phi) is 3.37. The average Bonchev–Trinajstić information content (AvgIpc) is 2.53. The minimum Gasteiger partial charge on any atom is -0.278 e. The zero-order valence-electron chi connectivity index (χ0n) is 8.15. The van der Waals surface area contributed by atoms with Gasteiger partial charge in [-0.05, 0) is 24.6 Å². The van der Waals surface area contributed by atoms with Gasteiger partial charge in [-0.15, -0.1) is 0 Å². The molecular weight excluding hydrogens is 180 g/mol. The molecule has 0 atom stereocenters. The zero-order chi connectivity index (χ0) is 9.84. The van der Waals surface area contributed by atoms with Crippen molar-refractivity contribution in [1.82, 2.24) is 8.96 Å².